The van der Waals surface area contributed by atoms with E-state index >= 15 is 0 Å². The van der Waals surface area contributed by atoms with Gasteiger partial charge in [0.2, 0.25) is 5.91 Å². The van der Waals surface area contributed by atoms with E-state index in [2.05, 4.69) is 38.8 Å². The molecule has 0 saturated carbocycles. The second-order valence-electron chi connectivity index (χ2n) is 9.23. The Bertz CT molecular complexity index is 1370. The second kappa shape index (κ2) is 8.90. The predicted molar refractivity (Wildman–Crippen MR) is 138 cm³/mol. The molecule has 5 rings (SSSR count). The van der Waals surface area contributed by atoms with E-state index in [4.69, 9.17) is 5.73 Å². The summed E-state index contributed by atoms with van der Waals surface area (Å²) in [5.41, 5.74) is 9.06. The van der Waals surface area contributed by atoms with Crippen LogP contribution in [-0.4, -0.2) is 48.0 Å². The van der Waals surface area contributed by atoms with Crippen molar-refractivity contribution in [3.05, 3.63) is 72.5 Å². The third-order valence-electron chi connectivity index (χ3n) is 6.55. The van der Waals surface area contributed by atoms with Crippen molar-refractivity contribution >= 4 is 34.1 Å². The molecule has 0 radical (unpaired) electrons. The van der Waals surface area contributed by atoms with E-state index in [0.29, 0.717) is 24.0 Å². The normalized spacial score (nSPS) is 16.7. The van der Waals surface area contributed by atoms with Gasteiger partial charge in [-0.05, 0) is 50.4 Å². The van der Waals surface area contributed by atoms with Crippen molar-refractivity contribution < 1.29 is 4.79 Å². The number of nitrogens with two attached hydrogens (primary N) is 1. The monoisotopic (exact) mass is 470 g/mol. The molecule has 0 unspecified atom stereocenters. The van der Waals surface area contributed by atoms with E-state index in [1.165, 1.54) is 0 Å². The molecule has 9 nitrogen and oxygen atoms in total. The molecule has 3 aromatic heterocycles. The molecule has 3 aromatic rings. The Labute approximate surface area is 204 Å². The van der Waals surface area contributed by atoms with Gasteiger partial charge in [-0.1, -0.05) is 12.7 Å². The Morgan fingerprint density at radius 2 is 1.97 bits per heavy atom. The zero-order chi connectivity index (χ0) is 24.7. The van der Waals surface area contributed by atoms with Crippen molar-refractivity contribution in [2.75, 3.05) is 17.6 Å². The summed E-state index contributed by atoms with van der Waals surface area (Å²) in [6.07, 6.45) is 10.4. The van der Waals surface area contributed by atoms with E-state index in [0.717, 1.165) is 34.3 Å². The lowest BCUT2D eigenvalue weighted by molar-refractivity contribution is -0.133. The number of nitrogens with zero attached hydrogens (tertiary/aromatic N) is 6. The summed E-state index contributed by atoms with van der Waals surface area (Å²) in [6.45, 7) is 11.2. The molecule has 5 heterocycles. The summed E-state index contributed by atoms with van der Waals surface area (Å²) in [6, 6.07) is 6.11. The van der Waals surface area contributed by atoms with Crippen molar-refractivity contribution in [3.8, 4) is 0 Å². The fraction of sp³-hybridized carbons (Fsp3) is 0.308. The number of hydrogen-bond donors (Lipinski definition) is 2. The largest absolute Gasteiger partial charge is 0.383 e. The van der Waals surface area contributed by atoms with Crippen LogP contribution in [-0.2, 0) is 17.8 Å². The summed E-state index contributed by atoms with van der Waals surface area (Å²) in [5.74, 6) is 1.83. The average molecular weight is 471 g/mol. The number of pyridine rings is 2. The Morgan fingerprint density at radius 1 is 1.14 bits per heavy atom. The number of hydrogen-bond acceptors (Lipinski definition) is 7. The zero-order valence-corrected chi connectivity index (χ0v) is 20.3. The minimum Gasteiger partial charge on any atom is -0.383 e. The number of fused-ring (bicyclic) bond motifs is 2. The topological polar surface area (TPSA) is 105 Å². The van der Waals surface area contributed by atoms with Crippen molar-refractivity contribution in [2.24, 2.45) is 0 Å². The number of aromatic nitrogens is 4. The van der Waals surface area contributed by atoms with Gasteiger partial charge in [0.15, 0.2) is 5.82 Å². The lowest BCUT2D eigenvalue weighted by Gasteiger charge is -2.29. The lowest BCUT2D eigenvalue weighted by atomic mass is 10.1. The molecule has 0 fully saturated rings. The van der Waals surface area contributed by atoms with Crippen LogP contribution in [0.4, 0.5) is 17.5 Å². The number of rotatable bonds is 5. The quantitative estimate of drug-likeness (QED) is 0.582. The maximum Gasteiger partial charge on any atom is 0.244 e. The van der Waals surface area contributed by atoms with Crippen LogP contribution in [0.25, 0.3) is 10.8 Å². The summed E-state index contributed by atoms with van der Waals surface area (Å²) in [7, 11) is 0. The first-order chi connectivity index (χ1) is 16.8. The maximum atomic E-state index is 12.6. The highest BCUT2D eigenvalue weighted by Crippen LogP contribution is 2.30. The van der Waals surface area contributed by atoms with E-state index < -0.39 is 0 Å². The summed E-state index contributed by atoms with van der Waals surface area (Å²) in [5, 5.41) is 9.62. The van der Waals surface area contributed by atoms with Gasteiger partial charge in [0.05, 0.1) is 11.7 Å². The molecule has 3 N–H and O–H groups in total. The first kappa shape index (κ1) is 22.6. The van der Waals surface area contributed by atoms with E-state index in [-0.39, 0.29) is 24.5 Å². The first-order valence-corrected chi connectivity index (χ1v) is 11.8. The standard InChI is InChI=1S/C26H30N8O/c1-16(2)32-10-8-20-13-24(31-34(20)15-25(32)35)30-23-12-19-11-22(29-26(27)21(19)14-28-23)18(4)33-9-6-5-7-17(33)3/h5-7,9,11-14,16,18H,3,8,10,15H2,1-2,4H3,(H2,27,29)(H,28,30,31)/t18-/m1/s1. The van der Waals surface area contributed by atoms with Crippen LogP contribution in [0.15, 0.2) is 61.1 Å². The number of nitrogens with one attached hydrogen (secondary N) is 1. The Kier molecular flexibility index (Phi) is 5.76. The highest BCUT2D eigenvalue weighted by atomic mass is 16.2. The minimum absolute atomic E-state index is 0.0354. The summed E-state index contributed by atoms with van der Waals surface area (Å²) < 4.78 is 1.78. The molecule has 0 aromatic carbocycles. The van der Waals surface area contributed by atoms with E-state index in [1.54, 1.807) is 10.9 Å². The number of nitrogen functional groups attached to an aromatic ring is 1. The van der Waals surface area contributed by atoms with Gasteiger partial charge < -0.3 is 20.9 Å². The highest BCUT2D eigenvalue weighted by Gasteiger charge is 2.24. The van der Waals surface area contributed by atoms with Crippen molar-refractivity contribution in [1.29, 1.82) is 0 Å². The molecule has 0 saturated heterocycles. The molecule has 35 heavy (non-hydrogen) atoms. The third-order valence-corrected chi connectivity index (χ3v) is 6.55. The van der Waals surface area contributed by atoms with Crippen molar-refractivity contribution in [1.82, 2.24) is 29.5 Å². The van der Waals surface area contributed by atoms with E-state index in [9.17, 15) is 4.79 Å². The third kappa shape index (κ3) is 4.37. The number of carbonyl (C=O) groups excluding carboxylic acids is 1. The molecule has 2 aliphatic heterocycles. The van der Waals surface area contributed by atoms with Crippen molar-refractivity contribution in [2.45, 2.75) is 45.8 Å². The van der Waals surface area contributed by atoms with Crippen LogP contribution in [0.5, 0.6) is 0 Å². The number of anilines is 3. The Balaban J connectivity index is 1.40. The van der Waals surface area contributed by atoms with Crippen LogP contribution in [0, 0.1) is 0 Å². The van der Waals surface area contributed by atoms with Crippen LogP contribution in [0.2, 0.25) is 0 Å². The van der Waals surface area contributed by atoms with Gasteiger partial charge in [-0.2, -0.15) is 5.10 Å². The zero-order valence-electron chi connectivity index (χ0n) is 20.3. The molecule has 0 spiro atoms. The maximum absolute atomic E-state index is 12.6. The second-order valence-corrected chi connectivity index (χ2v) is 9.23. The van der Waals surface area contributed by atoms with Gasteiger partial charge >= 0.3 is 0 Å². The molecule has 2 aliphatic rings. The fourth-order valence-electron chi connectivity index (χ4n) is 4.60. The molecule has 0 aliphatic carbocycles. The first-order valence-electron chi connectivity index (χ1n) is 11.8. The van der Waals surface area contributed by atoms with Gasteiger partial charge in [0.25, 0.3) is 0 Å². The lowest BCUT2D eigenvalue weighted by Crippen LogP contribution is -2.38. The average Bonchev–Trinajstić information content (AvgIpc) is 3.11. The van der Waals surface area contributed by atoms with Gasteiger partial charge in [-0.15, -0.1) is 0 Å². The molecule has 180 valence electrons. The summed E-state index contributed by atoms with van der Waals surface area (Å²) >= 11 is 0. The molecular formula is C26H30N8O. The summed E-state index contributed by atoms with van der Waals surface area (Å²) in [4.78, 5) is 25.7. The number of amides is 1. The molecular weight excluding hydrogens is 440 g/mol. The van der Waals surface area contributed by atoms with Crippen LogP contribution in [0.3, 0.4) is 0 Å². The predicted octanol–water partition coefficient (Wildman–Crippen LogP) is 3.91. The van der Waals surface area contributed by atoms with Crippen LogP contribution < -0.4 is 11.1 Å². The highest BCUT2D eigenvalue weighted by molar-refractivity contribution is 5.92. The Hall–Kier alpha value is -4.14. The Morgan fingerprint density at radius 3 is 2.74 bits per heavy atom. The van der Waals surface area contributed by atoms with Gasteiger partial charge in [-0.25, -0.2) is 9.97 Å². The van der Waals surface area contributed by atoms with Crippen LogP contribution >= 0.6 is 0 Å². The van der Waals surface area contributed by atoms with Gasteiger partial charge in [0.1, 0.15) is 18.2 Å². The van der Waals surface area contributed by atoms with Gasteiger partial charge in [-0.3, -0.25) is 9.48 Å². The molecule has 9 heteroatoms. The molecule has 1 amide bonds. The molecule has 1 atom stereocenters. The molecule has 0 bridgehead atoms. The smallest absolute Gasteiger partial charge is 0.244 e. The SMILES string of the molecule is C=C1C=CC=CN1[C@H](C)c1cc2cc(Nc3cc4n(n3)CC(=O)N(C(C)C)CC4)ncc2c(N)n1. The van der Waals surface area contributed by atoms with Crippen LogP contribution in [0.1, 0.15) is 38.2 Å². The van der Waals surface area contributed by atoms with Gasteiger partial charge in [0, 0.05) is 54.2 Å². The van der Waals surface area contributed by atoms with E-state index in [1.807, 2.05) is 61.4 Å². The fourth-order valence-corrected chi connectivity index (χ4v) is 4.60. The number of carbonyl (C=O) groups is 1. The van der Waals surface area contributed by atoms with Crippen molar-refractivity contribution in [3.63, 3.8) is 0 Å². The minimum atomic E-state index is -0.0354. The number of allylic oxidation sites excluding steroid dienone is 3.